The predicted molar refractivity (Wildman–Crippen MR) is 96.3 cm³/mol. The van der Waals surface area contributed by atoms with Gasteiger partial charge in [-0.15, -0.1) is 10.2 Å². The van der Waals surface area contributed by atoms with Crippen molar-refractivity contribution in [2.75, 3.05) is 0 Å². The number of carbonyl (C=O) groups is 2. The molecule has 1 heterocycles. The van der Waals surface area contributed by atoms with Crippen LogP contribution in [0.1, 0.15) is 31.9 Å². The third-order valence-corrected chi connectivity index (χ3v) is 4.11. The van der Waals surface area contributed by atoms with Crippen molar-refractivity contribution in [3.63, 3.8) is 0 Å². The number of hydrogen-bond acceptors (Lipinski definition) is 6. The predicted octanol–water partition coefficient (Wildman–Crippen LogP) is 3.07. The number of carbonyl (C=O) groups excluding carboxylic acids is 2. The first-order valence-electron chi connectivity index (χ1n) is 7.94. The molecule has 25 heavy (non-hydrogen) atoms. The van der Waals surface area contributed by atoms with Gasteiger partial charge in [0, 0.05) is 11.6 Å². The minimum atomic E-state index is -0.551. The van der Waals surface area contributed by atoms with Gasteiger partial charge in [-0.05, 0) is 46.8 Å². The van der Waals surface area contributed by atoms with Crippen LogP contribution in [0.15, 0.2) is 27.8 Å². The molecule has 8 heteroatoms. The first-order valence-corrected chi connectivity index (χ1v) is 8.82. The number of amides is 3. The zero-order valence-corrected chi connectivity index (χ0v) is 15.7. The van der Waals surface area contributed by atoms with E-state index in [1.54, 1.807) is 6.92 Å². The molecule has 134 valence electrons. The van der Waals surface area contributed by atoms with Gasteiger partial charge >= 0.3 is 6.03 Å². The Bertz CT molecular complexity index is 753. The van der Waals surface area contributed by atoms with Gasteiger partial charge in [0.2, 0.25) is 11.8 Å². The Morgan fingerprint density at radius 1 is 1.08 bits per heavy atom. The van der Waals surface area contributed by atoms with E-state index < -0.39 is 17.2 Å². The number of urea groups is 1. The molecule has 0 unspecified atom stereocenters. The van der Waals surface area contributed by atoms with E-state index in [4.69, 9.17) is 4.42 Å². The van der Waals surface area contributed by atoms with Crippen molar-refractivity contribution in [1.29, 1.82) is 0 Å². The molecule has 0 saturated carbocycles. The molecule has 2 N–H and O–H groups in total. The number of thioether (sulfide) groups is 1. The van der Waals surface area contributed by atoms with Crippen LogP contribution in [0.3, 0.4) is 0 Å². The number of nitrogens with one attached hydrogen (secondary N) is 2. The lowest BCUT2D eigenvalue weighted by Crippen LogP contribution is -2.45. The van der Waals surface area contributed by atoms with E-state index in [9.17, 15) is 9.59 Å². The molecule has 0 aliphatic rings. The van der Waals surface area contributed by atoms with E-state index in [0.717, 1.165) is 28.5 Å². The molecule has 1 atom stereocenters. The maximum absolute atomic E-state index is 12.0. The monoisotopic (exact) mass is 362 g/mol. The molecule has 0 radical (unpaired) electrons. The van der Waals surface area contributed by atoms with Crippen molar-refractivity contribution in [3.05, 3.63) is 29.3 Å². The summed E-state index contributed by atoms with van der Waals surface area (Å²) in [6, 6.07) is 5.41. The van der Waals surface area contributed by atoms with Crippen molar-refractivity contribution in [2.24, 2.45) is 0 Å². The number of hydrogen-bond donors (Lipinski definition) is 2. The van der Waals surface area contributed by atoms with Crippen LogP contribution in [0.25, 0.3) is 11.5 Å². The van der Waals surface area contributed by atoms with Crippen LogP contribution in [0, 0.1) is 13.8 Å². The van der Waals surface area contributed by atoms with Crippen molar-refractivity contribution in [2.45, 2.75) is 51.1 Å². The fraction of sp³-hybridized carbons (Fsp3) is 0.412. The minimum absolute atomic E-state index is 0.0490. The van der Waals surface area contributed by atoms with Crippen LogP contribution in [0.4, 0.5) is 4.79 Å². The normalized spacial score (nSPS) is 12.1. The number of benzene rings is 1. The van der Waals surface area contributed by atoms with Crippen LogP contribution < -0.4 is 10.6 Å². The SMILES string of the molecule is Cc1cc(C)cc(-c2nnc(S[C@@H](C)C(=O)NC(=O)NC(C)C)o2)c1. The van der Waals surface area contributed by atoms with E-state index in [2.05, 4.69) is 26.9 Å². The van der Waals surface area contributed by atoms with E-state index in [-0.39, 0.29) is 11.3 Å². The maximum Gasteiger partial charge on any atom is 0.321 e. The van der Waals surface area contributed by atoms with Gasteiger partial charge in [0.05, 0.1) is 5.25 Å². The van der Waals surface area contributed by atoms with Crippen molar-refractivity contribution >= 4 is 23.7 Å². The van der Waals surface area contributed by atoms with E-state index >= 15 is 0 Å². The Morgan fingerprint density at radius 2 is 1.72 bits per heavy atom. The molecule has 7 nitrogen and oxygen atoms in total. The van der Waals surface area contributed by atoms with Crippen LogP contribution in [0.5, 0.6) is 0 Å². The summed E-state index contributed by atoms with van der Waals surface area (Å²) in [6.07, 6.45) is 0. The second-order valence-corrected chi connectivity index (χ2v) is 7.42. The van der Waals surface area contributed by atoms with Gasteiger partial charge in [0.15, 0.2) is 0 Å². The summed E-state index contributed by atoms with van der Waals surface area (Å²) >= 11 is 1.10. The van der Waals surface area contributed by atoms with Gasteiger partial charge in [0.25, 0.3) is 5.22 Å². The van der Waals surface area contributed by atoms with Gasteiger partial charge in [-0.3, -0.25) is 10.1 Å². The Balaban J connectivity index is 2.00. The second kappa shape index (κ2) is 8.15. The number of aromatic nitrogens is 2. The van der Waals surface area contributed by atoms with Crippen LogP contribution in [-0.2, 0) is 4.79 Å². The Kier molecular flexibility index (Phi) is 6.19. The maximum atomic E-state index is 12.0. The summed E-state index contributed by atoms with van der Waals surface area (Å²) in [5, 5.41) is 12.6. The van der Waals surface area contributed by atoms with Crippen molar-refractivity contribution in [3.8, 4) is 11.5 Å². The molecule has 1 aromatic carbocycles. The summed E-state index contributed by atoms with van der Waals surface area (Å²) in [5.74, 6) is -0.0197. The summed E-state index contributed by atoms with van der Waals surface area (Å²) < 4.78 is 5.63. The minimum Gasteiger partial charge on any atom is -0.411 e. The number of imide groups is 1. The fourth-order valence-corrected chi connectivity index (χ4v) is 2.87. The highest BCUT2D eigenvalue weighted by Crippen LogP contribution is 2.27. The number of nitrogens with zero attached hydrogens (tertiary/aromatic N) is 2. The zero-order chi connectivity index (χ0) is 18.6. The lowest BCUT2D eigenvalue weighted by atomic mass is 10.1. The van der Waals surface area contributed by atoms with Crippen LogP contribution >= 0.6 is 11.8 Å². The lowest BCUT2D eigenvalue weighted by molar-refractivity contribution is -0.119. The van der Waals surface area contributed by atoms with E-state index in [1.807, 2.05) is 39.8 Å². The van der Waals surface area contributed by atoms with E-state index in [0.29, 0.717) is 5.89 Å². The molecule has 2 rings (SSSR count). The molecule has 2 aromatic rings. The summed E-state index contributed by atoms with van der Waals surface area (Å²) in [4.78, 5) is 23.6. The fourth-order valence-electron chi connectivity index (χ4n) is 2.19. The molecule has 0 aliphatic heterocycles. The molecule has 0 fully saturated rings. The summed E-state index contributed by atoms with van der Waals surface area (Å²) in [6.45, 7) is 9.29. The standard InChI is InChI=1S/C17H22N4O3S/c1-9(2)18-16(23)19-14(22)12(5)25-17-21-20-15(24-17)13-7-10(3)6-11(4)8-13/h6-9,12H,1-5H3,(H2,18,19,22,23)/t12-/m0/s1. The topological polar surface area (TPSA) is 97.1 Å². The van der Waals surface area contributed by atoms with Gasteiger partial charge in [-0.25, -0.2) is 4.79 Å². The lowest BCUT2D eigenvalue weighted by Gasteiger charge is -2.11. The molecule has 0 bridgehead atoms. The highest BCUT2D eigenvalue weighted by molar-refractivity contribution is 8.00. The van der Waals surface area contributed by atoms with Crippen LogP contribution in [-0.4, -0.2) is 33.4 Å². The number of aryl methyl sites for hydroxylation is 2. The van der Waals surface area contributed by atoms with Crippen molar-refractivity contribution < 1.29 is 14.0 Å². The third-order valence-electron chi connectivity index (χ3n) is 3.18. The highest BCUT2D eigenvalue weighted by atomic mass is 32.2. The summed E-state index contributed by atoms with van der Waals surface area (Å²) in [5.41, 5.74) is 3.04. The molecule has 0 aliphatic carbocycles. The molecule has 0 saturated heterocycles. The first-order chi connectivity index (χ1) is 11.7. The van der Waals surface area contributed by atoms with Gasteiger partial charge in [-0.1, -0.05) is 29.0 Å². The van der Waals surface area contributed by atoms with Gasteiger partial charge < -0.3 is 9.73 Å². The first kappa shape index (κ1) is 19.0. The zero-order valence-electron chi connectivity index (χ0n) is 14.9. The van der Waals surface area contributed by atoms with E-state index in [1.165, 1.54) is 0 Å². The Hall–Kier alpha value is -2.35. The quantitative estimate of drug-likeness (QED) is 0.794. The molecule has 1 aromatic heterocycles. The number of rotatable bonds is 5. The largest absolute Gasteiger partial charge is 0.411 e. The van der Waals surface area contributed by atoms with Crippen molar-refractivity contribution in [1.82, 2.24) is 20.8 Å². The molecule has 0 spiro atoms. The third kappa shape index (κ3) is 5.60. The second-order valence-electron chi connectivity index (χ2n) is 6.13. The van der Waals surface area contributed by atoms with Gasteiger partial charge in [-0.2, -0.15) is 0 Å². The summed E-state index contributed by atoms with van der Waals surface area (Å²) in [7, 11) is 0. The molecular weight excluding hydrogens is 340 g/mol. The Labute approximate surface area is 151 Å². The Morgan fingerprint density at radius 3 is 2.32 bits per heavy atom. The highest BCUT2D eigenvalue weighted by Gasteiger charge is 2.20. The van der Waals surface area contributed by atoms with Gasteiger partial charge in [0.1, 0.15) is 0 Å². The average Bonchev–Trinajstić information content (AvgIpc) is 2.93. The smallest absolute Gasteiger partial charge is 0.321 e. The van der Waals surface area contributed by atoms with Crippen LogP contribution in [0.2, 0.25) is 0 Å². The molecular formula is C17H22N4O3S. The molecule has 3 amide bonds. The average molecular weight is 362 g/mol.